The Morgan fingerprint density at radius 3 is 2.55 bits per heavy atom. The fourth-order valence-corrected chi connectivity index (χ4v) is 4.54. The number of Topliss-reactive ketones (excluding diaryl/α,β-unsaturated/α-hetero) is 1. The zero-order chi connectivity index (χ0) is 27.6. The Morgan fingerprint density at radius 2 is 1.89 bits per heavy atom. The Bertz CT molecular complexity index is 1520. The molecule has 10 heteroatoms. The SMILES string of the molecule is CC(=O)c1cn(CC(=O)N(CC(=O)NCc2cccc(Cl)c2F)C(C)C)c2ccc(-c3cnn(C)c3)cc12. The van der Waals surface area contributed by atoms with Gasteiger partial charge in [0.2, 0.25) is 11.8 Å². The number of fused-ring (bicyclic) bond motifs is 1. The van der Waals surface area contributed by atoms with Crippen molar-refractivity contribution >= 4 is 40.1 Å². The van der Waals surface area contributed by atoms with E-state index in [-0.39, 0.29) is 48.0 Å². The van der Waals surface area contributed by atoms with Crippen LogP contribution in [0.25, 0.3) is 22.0 Å². The summed E-state index contributed by atoms with van der Waals surface area (Å²) in [6.07, 6.45) is 5.32. The quantitative estimate of drug-likeness (QED) is 0.316. The molecule has 2 aromatic carbocycles. The van der Waals surface area contributed by atoms with Crippen LogP contribution in [0.15, 0.2) is 55.0 Å². The molecule has 198 valence electrons. The van der Waals surface area contributed by atoms with Gasteiger partial charge in [0.15, 0.2) is 5.78 Å². The number of carbonyl (C=O) groups is 3. The molecule has 0 aliphatic carbocycles. The number of aromatic nitrogens is 3. The van der Waals surface area contributed by atoms with Gasteiger partial charge >= 0.3 is 0 Å². The molecule has 2 heterocycles. The highest BCUT2D eigenvalue weighted by Crippen LogP contribution is 2.28. The standard InChI is InChI=1S/C28H29ClFN5O3/c1-17(2)35(15-26(37)31-11-20-6-5-7-24(29)28(20)30)27(38)16-34-14-23(18(3)36)22-10-19(8-9-25(22)34)21-12-32-33(4)13-21/h5-10,12-14,17H,11,15-16H2,1-4H3,(H,31,37). The van der Waals surface area contributed by atoms with E-state index in [2.05, 4.69) is 10.4 Å². The van der Waals surface area contributed by atoms with E-state index >= 15 is 0 Å². The molecule has 2 amide bonds. The van der Waals surface area contributed by atoms with E-state index in [4.69, 9.17) is 11.6 Å². The van der Waals surface area contributed by atoms with Gasteiger partial charge < -0.3 is 14.8 Å². The van der Waals surface area contributed by atoms with Crippen LogP contribution in [0.2, 0.25) is 5.02 Å². The highest BCUT2D eigenvalue weighted by molar-refractivity contribution is 6.30. The number of benzene rings is 2. The maximum Gasteiger partial charge on any atom is 0.243 e. The van der Waals surface area contributed by atoms with Crippen LogP contribution in [0, 0.1) is 5.82 Å². The van der Waals surface area contributed by atoms with Crippen molar-refractivity contribution < 1.29 is 18.8 Å². The number of amides is 2. The molecule has 0 radical (unpaired) electrons. The summed E-state index contributed by atoms with van der Waals surface area (Å²) in [6.45, 7) is 4.83. The van der Waals surface area contributed by atoms with Crippen molar-refractivity contribution in [1.82, 2.24) is 24.6 Å². The lowest BCUT2D eigenvalue weighted by Crippen LogP contribution is -2.45. The third-order valence-electron chi connectivity index (χ3n) is 6.37. The Morgan fingerprint density at radius 1 is 1.13 bits per heavy atom. The van der Waals surface area contributed by atoms with Gasteiger partial charge in [0, 0.05) is 59.6 Å². The van der Waals surface area contributed by atoms with Gasteiger partial charge in [0.1, 0.15) is 12.4 Å². The average Bonchev–Trinajstić information content (AvgIpc) is 3.46. The van der Waals surface area contributed by atoms with E-state index in [1.807, 2.05) is 45.3 Å². The first-order valence-electron chi connectivity index (χ1n) is 12.2. The zero-order valence-corrected chi connectivity index (χ0v) is 22.4. The molecule has 0 saturated heterocycles. The highest BCUT2D eigenvalue weighted by Gasteiger charge is 2.23. The molecule has 8 nitrogen and oxygen atoms in total. The third kappa shape index (κ3) is 5.78. The number of hydrogen-bond donors (Lipinski definition) is 1. The average molecular weight is 538 g/mol. The van der Waals surface area contributed by atoms with Crippen LogP contribution < -0.4 is 5.32 Å². The number of carbonyl (C=O) groups excluding carboxylic acids is 3. The first-order chi connectivity index (χ1) is 18.0. The molecule has 1 N–H and O–H groups in total. The van der Waals surface area contributed by atoms with Gasteiger partial charge in [0.25, 0.3) is 0 Å². The molecule has 0 atom stereocenters. The summed E-state index contributed by atoms with van der Waals surface area (Å²) in [5, 5.41) is 7.58. The summed E-state index contributed by atoms with van der Waals surface area (Å²) in [6, 6.07) is 10.0. The smallest absolute Gasteiger partial charge is 0.243 e. The van der Waals surface area contributed by atoms with E-state index in [0.29, 0.717) is 5.56 Å². The summed E-state index contributed by atoms with van der Waals surface area (Å²) in [7, 11) is 1.83. The highest BCUT2D eigenvalue weighted by atomic mass is 35.5. The van der Waals surface area contributed by atoms with Crippen LogP contribution in [-0.4, -0.2) is 49.4 Å². The third-order valence-corrected chi connectivity index (χ3v) is 6.66. The second-order valence-corrected chi connectivity index (χ2v) is 9.87. The number of hydrogen-bond acceptors (Lipinski definition) is 4. The van der Waals surface area contributed by atoms with E-state index in [0.717, 1.165) is 22.0 Å². The van der Waals surface area contributed by atoms with Crippen molar-refractivity contribution in [2.75, 3.05) is 6.54 Å². The molecular weight excluding hydrogens is 509 g/mol. The van der Waals surface area contributed by atoms with Crippen molar-refractivity contribution in [3.05, 3.63) is 77.0 Å². The molecule has 4 aromatic rings. The van der Waals surface area contributed by atoms with Crippen molar-refractivity contribution in [3.63, 3.8) is 0 Å². The van der Waals surface area contributed by atoms with Crippen LogP contribution in [-0.2, 0) is 29.7 Å². The Labute approximate surface area is 225 Å². The molecule has 0 bridgehead atoms. The number of aryl methyl sites for hydroxylation is 1. The molecule has 0 unspecified atom stereocenters. The minimum atomic E-state index is -0.585. The van der Waals surface area contributed by atoms with Gasteiger partial charge in [-0.25, -0.2) is 4.39 Å². The number of halogens is 2. The molecule has 4 rings (SSSR count). The summed E-state index contributed by atoms with van der Waals surface area (Å²) in [5.74, 6) is -1.40. The second kappa shape index (κ2) is 11.2. The van der Waals surface area contributed by atoms with Gasteiger partial charge in [-0.05, 0) is 44.5 Å². The number of ketones is 1. The summed E-state index contributed by atoms with van der Waals surface area (Å²) in [5.41, 5.74) is 3.34. The molecule has 0 aliphatic heterocycles. The van der Waals surface area contributed by atoms with Gasteiger partial charge in [-0.3, -0.25) is 19.1 Å². The van der Waals surface area contributed by atoms with Crippen molar-refractivity contribution in [1.29, 1.82) is 0 Å². The van der Waals surface area contributed by atoms with Crippen LogP contribution >= 0.6 is 11.6 Å². The zero-order valence-electron chi connectivity index (χ0n) is 21.7. The first-order valence-corrected chi connectivity index (χ1v) is 12.5. The Kier molecular flexibility index (Phi) is 7.97. The van der Waals surface area contributed by atoms with Crippen LogP contribution in [0.3, 0.4) is 0 Å². The van der Waals surface area contributed by atoms with Crippen LogP contribution in [0.1, 0.15) is 36.7 Å². The maximum atomic E-state index is 14.1. The van der Waals surface area contributed by atoms with Crippen molar-refractivity contribution in [3.8, 4) is 11.1 Å². The predicted molar refractivity (Wildman–Crippen MR) is 144 cm³/mol. The van der Waals surface area contributed by atoms with Crippen LogP contribution in [0.5, 0.6) is 0 Å². The Balaban J connectivity index is 1.52. The Hall–Kier alpha value is -3.98. The van der Waals surface area contributed by atoms with E-state index in [1.165, 1.54) is 24.0 Å². The van der Waals surface area contributed by atoms with E-state index in [1.54, 1.807) is 27.7 Å². The number of nitrogens with one attached hydrogen (secondary N) is 1. The van der Waals surface area contributed by atoms with Gasteiger partial charge in [-0.2, -0.15) is 5.10 Å². The lowest BCUT2D eigenvalue weighted by molar-refractivity contribution is -0.138. The summed E-state index contributed by atoms with van der Waals surface area (Å²) in [4.78, 5) is 39.8. The molecule has 0 aliphatic rings. The summed E-state index contributed by atoms with van der Waals surface area (Å²) < 4.78 is 17.6. The fourth-order valence-electron chi connectivity index (χ4n) is 4.34. The minimum absolute atomic E-state index is 0.0211. The largest absolute Gasteiger partial charge is 0.350 e. The lowest BCUT2D eigenvalue weighted by atomic mass is 10.0. The predicted octanol–water partition coefficient (Wildman–Crippen LogP) is 4.59. The number of rotatable bonds is 9. The van der Waals surface area contributed by atoms with Gasteiger partial charge in [0.05, 0.1) is 17.8 Å². The lowest BCUT2D eigenvalue weighted by Gasteiger charge is -2.26. The molecule has 0 spiro atoms. The molecule has 0 saturated carbocycles. The summed E-state index contributed by atoms with van der Waals surface area (Å²) >= 11 is 5.81. The number of nitrogens with zero attached hydrogens (tertiary/aromatic N) is 4. The molecule has 0 fully saturated rings. The normalized spacial score (nSPS) is 11.2. The molecule has 38 heavy (non-hydrogen) atoms. The fraction of sp³-hybridized carbons (Fsp3) is 0.286. The van der Waals surface area contributed by atoms with Gasteiger partial charge in [-0.15, -0.1) is 0 Å². The van der Waals surface area contributed by atoms with Crippen molar-refractivity contribution in [2.45, 2.75) is 39.9 Å². The first kappa shape index (κ1) is 27.1. The maximum absolute atomic E-state index is 14.1. The minimum Gasteiger partial charge on any atom is -0.350 e. The van der Waals surface area contributed by atoms with E-state index < -0.39 is 11.7 Å². The molecule has 2 aromatic heterocycles. The molecular formula is C28H29ClFN5O3. The second-order valence-electron chi connectivity index (χ2n) is 9.47. The topological polar surface area (TPSA) is 89.2 Å². The monoisotopic (exact) mass is 537 g/mol. The van der Waals surface area contributed by atoms with E-state index in [9.17, 15) is 18.8 Å². The van der Waals surface area contributed by atoms with Gasteiger partial charge in [-0.1, -0.05) is 29.8 Å². The van der Waals surface area contributed by atoms with Crippen molar-refractivity contribution in [2.24, 2.45) is 7.05 Å². The van der Waals surface area contributed by atoms with Crippen LogP contribution in [0.4, 0.5) is 4.39 Å².